The summed E-state index contributed by atoms with van der Waals surface area (Å²) < 4.78 is 26.6. The maximum atomic E-state index is 13.4. The predicted molar refractivity (Wildman–Crippen MR) is 99.8 cm³/mol. The minimum atomic E-state index is -1.27. The van der Waals surface area contributed by atoms with E-state index in [1.807, 2.05) is 0 Å². The minimum Gasteiger partial charge on any atom is -0.312 e. The van der Waals surface area contributed by atoms with Crippen LogP contribution in [0.5, 0.6) is 0 Å². The van der Waals surface area contributed by atoms with Crippen LogP contribution in [0.25, 0.3) is 0 Å². The Morgan fingerprint density at radius 3 is 2.24 bits per heavy atom. The summed E-state index contributed by atoms with van der Waals surface area (Å²) in [6.07, 6.45) is 2.95. The summed E-state index contributed by atoms with van der Waals surface area (Å²) in [6, 6.07) is 9.80. The third-order valence-electron chi connectivity index (χ3n) is 3.76. The molecule has 0 radical (unpaired) electrons. The van der Waals surface area contributed by atoms with Gasteiger partial charge in [0.1, 0.15) is 5.71 Å². The van der Waals surface area contributed by atoms with Crippen LogP contribution in [0.3, 0.4) is 0 Å². The molecule has 0 aliphatic rings. The molecule has 0 spiro atoms. The molecule has 0 bridgehead atoms. The van der Waals surface area contributed by atoms with Crippen LogP contribution in [-0.2, 0) is 4.84 Å². The fourth-order valence-electron chi connectivity index (χ4n) is 2.34. The summed E-state index contributed by atoms with van der Waals surface area (Å²) in [5.41, 5.74) is 0.527. The van der Waals surface area contributed by atoms with Crippen molar-refractivity contribution in [2.45, 2.75) is 0 Å². The van der Waals surface area contributed by atoms with Crippen LogP contribution in [0.15, 0.2) is 66.1 Å². The third-order valence-corrected chi connectivity index (χ3v) is 4.07. The van der Waals surface area contributed by atoms with E-state index in [1.54, 1.807) is 12.1 Å². The number of rotatable bonds is 5. The zero-order chi connectivity index (χ0) is 21.0. The van der Waals surface area contributed by atoms with Crippen LogP contribution in [0, 0.1) is 21.7 Å². The van der Waals surface area contributed by atoms with Crippen LogP contribution in [0.4, 0.5) is 14.5 Å². The summed E-state index contributed by atoms with van der Waals surface area (Å²) in [4.78, 5) is 31.3. The van der Waals surface area contributed by atoms with Crippen molar-refractivity contribution in [3.63, 3.8) is 0 Å². The second-order valence-electron chi connectivity index (χ2n) is 5.60. The van der Waals surface area contributed by atoms with Gasteiger partial charge >= 0.3 is 5.97 Å². The first-order valence-corrected chi connectivity index (χ1v) is 8.33. The van der Waals surface area contributed by atoms with Crippen LogP contribution in [0.2, 0.25) is 5.02 Å². The second kappa shape index (κ2) is 8.53. The highest BCUT2D eigenvalue weighted by Crippen LogP contribution is 2.22. The van der Waals surface area contributed by atoms with Crippen molar-refractivity contribution in [1.29, 1.82) is 0 Å². The van der Waals surface area contributed by atoms with E-state index >= 15 is 0 Å². The second-order valence-corrected chi connectivity index (χ2v) is 6.01. The molecule has 3 aromatic rings. The van der Waals surface area contributed by atoms with E-state index in [9.17, 15) is 23.7 Å². The average Bonchev–Trinajstić information content (AvgIpc) is 2.72. The Bertz CT molecular complexity index is 1110. The number of non-ortho nitro benzene ring substituents is 1. The molecule has 2 aromatic carbocycles. The fourth-order valence-corrected chi connectivity index (χ4v) is 2.57. The van der Waals surface area contributed by atoms with Gasteiger partial charge in [0, 0.05) is 35.7 Å². The van der Waals surface area contributed by atoms with Gasteiger partial charge in [0.2, 0.25) is 0 Å². The summed E-state index contributed by atoms with van der Waals surface area (Å²) in [6.45, 7) is 0. The van der Waals surface area contributed by atoms with E-state index in [0.717, 1.165) is 0 Å². The van der Waals surface area contributed by atoms with Crippen molar-refractivity contribution in [3.8, 4) is 0 Å². The third kappa shape index (κ3) is 4.58. The van der Waals surface area contributed by atoms with Crippen molar-refractivity contribution >= 4 is 29.0 Å². The number of halogens is 3. The maximum absolute atomic E-state index is 13.4. The lowest BCUT2D eigenvalue weighted by Gasteiger charge is -2.07. The normalized spacial score (nSPS) is 11.2. The lowest BCUT2D eigenvalue weighted by atomic mass is 10.0. The molecule has 0 aliphatic carbocycles. The number of hydrogen-bond acceptors (Lipinski definition) is 6. The molecule has 1 aromatic heterocycles. The quantitative estimate of drug-likeness (QED) is 0.200. The van der Waals surface area contributed by atoms with Gasteiger partial charge in [0.25, 0.3) is 5.69 Å². The molecule has 7 nitrogen and oxygen atoms in total. The van der Waals surface area contributed by atoms with Gasteiger partial charge in [0.05, 0.1) is 15.5 Å². The molecule has 0 N–H and O–H groups in total. The number of aromatic nitrogens is 1. The first kappa shape index (κ1) is 20.0. The topological polar surface area (TPSA) is 94.7 Å². The minimum absolute atomic E-state index is 0.131. The molecule has 0 atom stereocenters. The number of hydrogen-bond donors (Lipinski definition) is 0. The average molecular weight is 418 g/mol. The molecule has 0 amide bonds. The van der Waals surface area contributed by atoms with E-state index in [1.165, 1.54) is 36.7 Å². The van der Waals surface area contributed by atoms with Gasteiger partial charge in [-0.2, -0.15) is 0 Å². The number of nitrogens with zero attached hydrogens (tertiary/aromatic N) is 3. The van der Waals surface area contributed by atoms with Gasteiger partial charge in [-0.1, -0.05) is 16.8 Å². The molecular formula is C19H10ClF2N3O4. The van der Waals surface area contributed by atoms with Gasteiger partial charge in [-0.05, 0) is 36.4 Å². The lowest BCUT2D eigenvalue weighted by Crippen LogP contribution is -2.09. The number of pyridine rings is 1. The standard InChI is InChI=1S/C19H10ClF2N3O4/c20-15-10-17(22)16(21)9-14(15)19(26)29-24-18(12-5-7-23-8-6-12)11-1-3-13(4-2-11)25(27)28/h1-10H/b24-18+. The number of benzene rings is 2. The number of oxime groups is 1. The van der Waals surface area contributed by atoms with E-state index in [2.05, 4.69) is 10.1 Å². The summed E-state index contributed by atoms with van der Waals surface area (Å²) in [5.74, 6) is -3.59. The Balaban J connectivity index is 1.96. The van der Waals surface area contributed by atoms with Crippen molar-refractivity contribution in [1.82, 2.24) is 4.98 Å². The first-order valence-electron chi connectivity index (χ1n) is 7.96. The molecule has 10 heteroatoms. The van der Waals surface area contributed by atoms with Crippen LogP contribution in [0.1, 0.15) is 21.5 Å². The number of nitro groups is 1. The van der Waals surface area contributed by atoms with E-state index in [4.69, 9.17) is 16.4 Å². The highest BCUT2D eigenvalue weighted by Gasteiger charge is 2.18. The Morgan fingerprint density at radius 2 is 1.62 bits per heavy atom. The van der Waals surface area contributed by atoms with Gasteiger partial charge < -0.3 is 4.84 Å². The molecule has 0 saturated carbocycles. The van der Waals surface area contributed by atoms with Gasteiger partial charge in [0.15, 0.2) is 11.6 Å². The molecular weight excluding hydrogens is 408 g/mol. The molecule has 0 aliphatic heterocycles. The fraction of sp³-hybridized carbons (Fsp3) is 0. The lowest BCUT2D eigenvalue weighted by molar-refractivity contribution is -0.384. The Morgan fingerprint density at radius 1 is 1.03 bits per heavy atom. The zero-order valence-corrected chi connectivity index (χ0v) is 15.1. The summed E-state index contributed by atoms with van der Waals surface area (Å²) in [5, 5.41) is 14.3. The molecule has 3 rings (SSSR count). The van der Waals surface area contributed by atoms with Crippen LogP contribution < -0.4 is 0 Å². The zero-order valence-electron chi connectivity index (χ0n) is 14.4. The highest BCUT2D eigenvalue weighted by molar-refractivity contribution is 6.33. The largest absolute Gasteiger partial charge is 0.367 e. The van der Waals surface area contributed by atoms with Crippen LogP contribution in [-0.4, -0.2) is 21.6 Å². The summed E-state index contributed by atoms with van der Waals surface area (Å²) in [7, 11) is 0. The van der Waals surface area contributed by atoms with Gasteiger partial charge in [-0.25, -0.2) is 13.6 Å². The molecule has 0 saturated heterocycles. The predicted octanol–water partition coefficient (Wildman–Crippen LogP) is 4.53. The SMILES string of the molecule is O=C(O/N=C(/c1ccncc1)c1ccc([N+](=O)[O-])cc1)c1cc(F)c(F)cc1Cl. The van der Waals surface area contributed by atoms with Crippen molar-refractivity contribution in [2.24, 2.45) is 5.16 Å². The number of carbonyl (C=O) groups is 1. The summed E-state index contributed by atoms with van der Waals surface area (Å²) >= 11 is 5.76. The van der Waals surface area contributed by atoms with Gasteiger partial charge in [-0.15, -0.1) is 0 Å². The number of carbonyl (C=O) groups excluding carboxylic acids is 1. The highest BCUT2D eigenvalue weighted by atomic mass is 35.5. The van der Waals surface area contributed by atoms with Crippen molar-refractivity contribution < 1.29 is 23.3 Å². The van der Waals surface area contributed by atoms with Crippen molar-refractivity contribution in [3.05, 3.63) is 104 Å². The van der Waals surface area contributed by atoms with Crippen molar-refractivity contribution in [2.75, 3.05) is 0 Å². The Labute approximate surface area is 167 Å². The Kier molecular flexibility index (Phi) is 5.89. The number of nitro benzene ring substituents is 1. The molecule has 0 unspecified atom stereocenters. The monoisotopic (exact) mass is 417 g/mol. The molecule has 29 heavy (non-hydrogen) atoms. The van der Waals surface area contributed by atoms with Gasteiger partial charge in [-0.3, -0.25) is 15.1 Å². The molecule has 146 valence electrons. The smallest absolute Gasteiger partial charge is 0.312 e. The van der Waals surface area contributed by atoms with E-state index in [0.29, 0.717) is 23.3 Å². The first-order chi connectivity index (χ1) is 13.9. The van der Waals surface area contributed by atoms with E-state index in [-0.39, 0.29) is 16.4 Å². The van der Waals surface area contributed by atoms with E-state index < -0.39 is 28.1 Å². The molecule has 0 fully saturated rings. The Hall–Kier alpha value is -3.72. The van der Waals surface area contributed by atoms with Crippen LogP contribution >= 0.6 is 11.6 Å². The molecule has 1 heterocycles. The maximum Gasteiger partial charge on any atom is 0.367 e.